The summed E-state index contributed by atoms with van der Waals surface area (Å²) in [5, 5.41) is 10.6. The summed E-state index contributed by atoms with van der Waals surface area (Å²) in [7, 11) is -2.21. The lowest BCUT2D eigenvalue weighted by atomic mass is 9.89. The Hall–Kier alpha value is -1.69. The first-order chi connectivity index (χ1) is 13.5. The highest BCUT2D eigenvalue weighted by Gasteiger charge is 2.31. The van der Waals surface area contributed by atoms with E-state index in [1.807, 2.05) is 70.2 Å². The van der Waals surface area contributed by atoms with E-state index in [4.69, 9.17) is 0 Å². The molecule has 29 heavy (non-hydrogen) atoms. The van der Waals surface area contributed by atoms with Crippen LogP contribution in [0.15, 0.2) is 47.4 Å². The third-order valence-electron chi connectivity index (χ3n) is 5.36. The first kappa shape index (κ1) is 23.6. The minimum Gasteiger partial charge on any atom is -0.387 e. The van der Waals surface area contributed by atoms with Gasteiger partial charge in [0.25, 0.3) is 0 Å². The van der Waals surface area contributed by atoms with E-state index in [9.17, 15) is 13.5 Å². The lowest BCUT2D eigenvalue weighted by Crippen LogP contribution is -2.33. The molecular formula is C24H35NO3S. The van der Waals surface area contributed by atoms with Crippen molar-refractivity contribution >= 4 is 10.0 Å². The van der Waals surface area contributed by atoms with Crippen molar-refractivity contribution in [1.29, 1.82) is 0 Å². The van der Waals surface area contributed by atoms with Gasteiger partial charge < -0.3 is 5.11 Å². The second-order valence-corrected chi connectivity index (χ2v) is 10.7. The maximum Gasteiger partial charge on any atom is 0.243 e. The molecule has 5 heteroatoms. The number of rotatable bonds is 8. The van der Waals surface area contributed by atoms with Gasteiger partial charge in [-0.05, 0) is 40.0 Å². The molecule has 0 aliphatic rings. The monoisotopic (exact) mass is 417 g/mol. The molecule has 0 aliphatic carbocycles. The van der Waals surface area contributed by atoms with Gasteiger partial charge in [-0.2, -0.15) is 4.31 Å². The molecule has 2 aromatic carbocycles. The van der Waals surface area contributed by atoms with Gasteiger partial charge in [0.2, 0.25) is 10.0 Å². The Kier molecular flexibility index (Phi) is 7.66. The molecule has 0 amide bonds. The topological polar surface area (TPSA) is 57.6 Å². The first-order valence-electron chi connectivity index (χ1n) is 10.3. The maximum atomic E-state index is 13.6. The molecule has 0 fully saturated rings. The zero-order valence-electron chi connectivity index (χ0n) is 18.7. The molecule has 1 unspecified atom stereocenters. The Morgan fingerprint density at radius 2 is 1.31 bits per heavy atom. The van der Waals surface area contributed by atoms with Gasteiger partial charge in [-0.15, -0.1) is 0 Å². The van der Waals surface area contributed by atoms with E-state index in [1.165, 1.54) is 4.31 Å². The van der Waals surface area contributed by atoms with Gasteiger partial charge in [0.1, 0.15) is 0 Å². The third kappa shape index (κ3) is 5.27. The Labute approximate surface area is 176 Å². The molecule has 1 N–H and O–H groups in total. The predicted octanol–water partition coefficient (Wildman–Crippen LogP) is 5.41. The fraction of sp³-hybridized carbons (Fsp3) is 0.500. The minimum absolute atomic E-state index is 0.00729. The highest BCUT2D eigenvalue weighted by Crippen LogP contribution is 2.36. The zero-order chi connectivity index (χ0) is 21.9. The van der Waals surface area contributed by atoms with Crippen LogP contribution < -0.4 is 0 Å². The van der Waals surface area contributed by atoms with Gasteiger partial charge in [0.15, 0.2) is 0 Å². The van der Waals surface area contributed by atoms with Crippen LogP contribution in [0.4, 0.5) is 0 Å². The average molecular weight is 418 g/mol. The van der Waals surface area contributed by atoms with Crippen molar-refractivity contribution in [2.24, 2.45) is 0 Å². The Balaban J connectivity index is 2.55. The second kappa shape index (κ2) is 9.41. The lowest BCUT2D eigenvalue weighted by molar-refractivity contribution is 0.155. The molecule has 4 nitrogen and oxygen atoms in total. The maximum absolute atomic E-state index is 13.6. The summed E-state index contributed by atoms with van der Waals surface area (Å²) in [6.45, 7) is 12.4. The molecule has 0 bridgehead atoms. The normalized spacial score (nSPS) is 13.7. The summed E-state index contributed by atoms with van der Waals surface area (Å²) in [5.41, 5.74) is 3.56. The minimum atomic E-state index is -3.76. The van der Waals surface area contributed by atoms with Crippen molar-refractivity contribution in [2.75, 3.05) is 13.6 Å². The number of aliphatic hydroxyl groups excluding tert-OH is 1. The van der Waals surface area contributed by atoms with E-state index < -0.39 is 16.1 Å². The van der Waals surface area contributed by atoms with E-state index in [-0.39, 0.29) is 18.4 Å². The molecule has 0 aliphatic heterocycles. The van der Waals surface area contributed by atoms with E-state index in [2.05, 4.69) is 13.8 Å². The van der Waals surface area contributed by atoms with Gasteiger partial charge in [0.05, 0.1) is 11.0 Å². The molecule has 0 radical (unpaired) electrons. The Morgan fingerprint density at radius 1 is 0.828 bits per heavy atom. The van der Waals surface area contributed by atoms with Crippen LogP contribution in [0.5, 0.6) is 0 Å². The van der Waals surface area contributed by atoms with Crippen LogP contribution in [0.3, 0.4) is 0 Å². The molecular weight excluding hydrogens is 382 g/mol. The fourth-order valence-corrected chi connectivity index (χ4v) is 5.30. The van der Waals surface area contributed by atoms with Crippen molar-refractivity contribution in [1.82, 2.24) is 4.31 Å². The lowest BCUT2D eigenvalue weighted by Gasteiger charge is -2.27. The van der Waals surface area contributed by atoms with Crippen LogP contribution in [0.1, 0.15) is 87.7 Å². The van der Waals surface area contributed by atoms with E-state index in [0.29, 0.717) is 16.4 Å². The smallest absolute Gasteiger partial charge is 0.243 e. The van der Waals surface area contributed by atoms with Crippen LogP contribution >= 0.6 is 0 Å². The molecule has 0 saturated heterocycles. The summed E-state index contributed by atoms with van der Waals surface area (Å²) < 4.78 is 28.6. The van der Waals surface area contributed by atoms with Gasteiger partial charge in [-0.25, -0.2) is 8.42 Å². The standard InChI is InChI=1S/C24H35NO3S/c1-16(2)20-13-21(17(3)4)24(22(14-20)18(5)6)29(27,28)25(7)15-23(26)19-11-9-8-10-12-19/h8-14,16-18,23,26H,15H2,1-7H3. The van der Waals surface area contributed by atoms with E-state index >= 15 is 0 Å². The third-order valence-corrected chi connectivity index (χ3v) is 7.32. The molecule has 160 valence electrons. The number of benzene rings is 2. The van der Waals surface area contributed by atoms with Crippen molar-refractivity contribution in [3.8, 4) is 0 Å². The number of sulfonamides is 1. The SMILES string of the molecule is CC(C)c1cc(C(C)C)c(S(=O)(=O)N(C)CC(O)c2ccccc2)c(C(C)C)c1. The molecule has 0 saturated carbocycles. The summed E-state index contributed by atoms with van der Waals surface area (Å²) >= 11 is 0. The quantitative estimate of drug-likeness (QED) is 0.625. The summed E-state index contributed by atoms with van der Waals surface area (Å²) in [5.74, 6) is 0.464. The molecule has 0 aromatic heterocycles. The second-order valence-electron chi connectivity index (χ2n) is 8.70. The van der Waals surface area contributed by atoms with Gasteiger partial charge in [-0.1, -0.05) is 84.0 Å². The van der Waals surface area contributed by atoms with E-state index in [1.54, 1.807) is 7.05 Å². The molecule has 2 aromatic rings. The number of nitrogens with zero attached hydrogens (tertiary/aromatic N) is 1. The van der Waals surface area contributed by atoms with Crippen molar-refractivity contribution in [3.63, 3.8) is 0 Å². The molecule has 2 rings (SSSR count). The fourth-order valence-electron chi connectivity index (χ4n) is 3.47. The van der Waals surface area contributed by atoms with Gasteiger partial charge >= 0.3 is 0 Å². The Bertz CT molecular complexity index is 889. The van der Waals surface area contributed by atoms with Crippen LogP contribution in [0.25, 0.3) is 0 Å². The van der Waals surface area contributed by atoms with Gasteiger partial charge in [-0.3, -0.25) is 0 Å². The molecule has 0 heterocycles. The Morgan fingerprint density at radius 3 is 1.72 bits per heavy atom. The number of hydrogen-bond donors (Lipinski definition) is 1. The first-order valence-corrected chi connectivity index (χ1v) is 11.8. The number of aliphatic hydroxyl groups is 1. The number of hydrogen-bond acceptors (Lipinski definition) is 3. The molecule has 0 spiro atoms. The van der Waals surface area contributed by atoms with Crippen LogP contribution in [0.2, 0.25) is 0 Å². The summed E-state index contributed by atoms with van der Waals surface area (Å²) in [4.78, 5) is 0.398. The van der Waals surface area contributed by atoms with Crippen LogP contribution in [-0.4, -0.2) is 31.4 Å². The van der Waals surface area contributed by atoms with E-state index in [0.717, 1.165) is 16.7 Å². The summed E-state index contributed by atoms with van der Waals surface area (Å²) in [6, 6.07) is 13.2. The molecule has 1 atom stereocenters. The highest BCUT2D eigenvalue weighted by atomic mass is 32.2. The van der Waals surface area contributed by atoms with Crippen LogP contribution in [-0.2, 0) is 10.0 Å². The summed E-state index contributed by atoms with van der Waals surface area (Å²) in [6.07, 6.45) is -0.879. The highest BCUT2D eigenvalue weighted by molar-refractivity contribution is 7.89. The average Bonchev–Trinajstić information content (AvgIpc) is 2.67. The zero-order valence-corrected chi connectivity index (χ0v) is 19.5. The number of likely N-dealkylation sites (N-methyl/N-ethyl adjacent to an activating group) is 1. The van der Waals surface area contributed by atoms with Crippen LogP contribution in [0, 0.1) is 0 Å². The predicted molar refractivity (Wildman–Crippen MR) is 120 cm³/mol. The van der Waals surface area contributed by atoms with Crippen molar-refractivity contribution in [2.45, 2.75) is 70.3 Å². The van der Waals surface area contributed by atoms with Gasteiger partial charge in [0, 0.05) is 13.6 Å². The largest absolute Gasteiger partial charge is 0.387 e. The van der Waals surface area contributed by atoms with Crippen molar-refractivity contribution in [3.05, 3.63) is 64.7 Å². The van der Waals surface area contributed by atoms with Crippen molar-refractivity contribution < 1.29 is 13.5 Å².